The minimum Gasteiger partial charge on any atom is -0.461 e. The zero-order chi connectivity index (χ0) is 26.4. The number of esters is 1. The molecule has 35 heavy (non-hydrogen) atoms. The number of nitrogens with one attached hydrogen (secondary N) is 3. The molecular formula is C26H44N4O5. The fourth-order valence-electron chi connectivity index (χ4n) is 5.61. The summed E-state index contributed by atoms with van der Waals surface area (Å²) in [6, 6.07) is -0.366. The van der Waals surface area contributed by atoms with Crippen molar-refractivity contribution in [3.63, 3.8) is 0 Å². The number of rotatable bonds is 14. The number of carbonyl (C=O) groups is 4. The highest BCUT2D eigenvalue weighted by atomic mass is 16.5. The average Bonchev–Trinajstić information content (AvgIpc) is 3.20. The number of nitrogens with zero attached hydrogens (tertiary/aromatic N) is 1. The van der Waals surface area contributed by atoms with E-state index in [4.69, 9.17) is 4.74 Å². The van der Waals surface area contributed by atoms with Crippen LogP contribution in [0.4, 0.5) is 4.79 Å². The van der Waals surface area contributed by atoms with Gasteiger partial charge in [-0.2, -0.15) is 0 Å². The Bertz CT molecular complexity index is 827. The van der Waals surface area contributed by atoms with Crippen molar-refractivity contribution in [3.05, 3.63) is 12.7 Å². The van der Waals surface area contributed by atoms with E-state index in [2.05, 4.69) is 64.1 Å². The number of amides is 4. The molecule has 9 heteroatoms. The molecule has 0 bridgehead atoms. The first-order chi connectivity index (χ1) is 16.3. The minimum absolute atomic E-state index is 0.0630. The molecule has 0 aromatic carbocycles. The summed E-state index contributed by atoms with van der Waals surface area (Å²) in [5.74, 6) is -0.383. The van der Waals surface area contributed by atoms with Crippen molar-refractivity contribution in [3.8, 4) is 0 Å². The zero-order valence-corrected chi connectivity index (χ0v) is 22.3. The van der Waals surface area contributed by atoms with Crippen molar-refractivity contribution in [2.24, 2.45) is 28.1 Å². The number of hydrogen-bond acceptors (Lipinski definition) is 6. The Morgan fingerprint density at radius 1 is 1.17 bits per heavy atom. The fourth-order valence-corrected chi connectivity index (χ4v) is 5.61. The Labute approximate surface area is 209 Å². The molecule has 2 fully saturated rings. The fraction of sp³-hybridized carbons (Fsp3) is 0.769. The van der Waals surface area contributed by atoms with Gasteiger partial charge in [-0.05, 0) is 35.0 Å². The predicted octanol–water partition coefficient (Wildman–Crippen LogP) is 2.47. The first-order valence-electron chi connectivity index (χ1n) is 12.6. The molecule has 3 N–H and O–H groups in total. The van der Waals surface area contributed by atoms with Gasteiger partial charge in [0.2, 0.25) is 11.8 Å². The summed E-state index contributed by atoms with van der Waals surface area (Å²) in [6.45, 7) is 18.7. The van der Waals surface area contributed by atoms with Crippen molar-refractivity contribution in [1.29, 1.82) is 0 Å². The van der Waals surface area contributed by atoms with Crippen LogP contribution in [0.25, 0.3) is 0 Å². The number of imide groups is 1. The highest BCUT2D eigenvalue weighted by Gasteiger charge is 2.64. The van der Waals surface area contributed by atoms with Gasteiger partial charge in [0.25, 0.3) is 0 Å². The quantitative estimate of drug-likeness (QED) is 0.148. The summed E-state index contributed by atoms with van der Waals surface area (Å²) >= 11 is 0. The van der Waals surface area contributed by atoms with Crippen LogP contribution in [0.1, 0.15) is 60.8 Å². The molecular weight excluding hydrogens is 448 g/mol. The Morgan fingerprint density at radius 2 is 1.83 bits per heavy atom. The summed E-state index contributed by atoms with van der Waals surface area (Å²) in [6.07, 6.45) is 3.45. The molecule has 2 aliphatic rings. The van der Waals surface area contributed by atoms with Crippen molar-refractivity contribution in [1.82, 2.24) is 20.9 Å². The van der Waals surface area contributed by atoms with E-state index in [9.17, 15) is 19.2 Å². The van der Waals surface area contributed by atoms with Crippen molar-refractivity contribution in [2.45, 2.75) is 60.8 Å². The molecule has 1 aliphatic carbocycles. The van der Waals surface area contributed by atoms with E-state index in [1.165, 1.54) is 11.3 Å². The smallest absolute Gasteiger partial charge is 0.330 e. The molecule has 1 saturated carbocycles. The van der Waals surface area contributed by atoms with Crippen molar-refractivity contribution >= 4 is 23.8 Å². The molecule has 0 aromatic heterocycles. The zero-order valence-electron chi connectivity index (χ0n) is 22.3. The normalized spacial score (nSPS) is 26.1. The second-order valence-electron chi connectivity index (χ2n) is 11.4. The van der Waals surface area contributed by atoms with E-state index in [1.807, 2.05) is 0 Å². The summed E-state index contributed by atoms with van der Waals surface area (Å²) in [5.41, 5.74) is 0.263. The number of ether oxygens (including phenoxy) is 1. The maximum Gasteiger partial charge on any atom is 0.330 e. The molecule has 3 unspecified atom stereocenters. The van der Waals surface area contributed by atoms with E-state index < -0.39 is 5.97 Å². The van der Waals surface area contributed by atoms with Gasteiger partial charge in [-0.15, -0.1) is 0 Å². The number of urea groups is 1. The first kappa shape index (κ1) is 28.8. The largest absolute Gasteiger partial charge is 0.461 e. The molecule has 9 nitrogen and oxygen atoms in total. The summed E-state index contributed by atoms with van der Waals surface area (Å²) in [5, 5.41) is 8.41. The van der Waals surface area contributed by atoms with E-state index in [0.29, 0.717) is 37.5 Å². The molecule has 2 rings (SSSR count). The van der Waals surface area contributed by atoms with Crippen LogP contribution in [0.2, 0.25) is 0 Å². The van der Waals surface area contributed by atoms with Gasteiger partial charge in [0, 0.05) is 38.7 Å². The highest BCUT2D eigenvalue weighted by molar-refractivity contribution is 6.03. The van der Waals surface area contributed by atoms with Crippen LogP contribution in [-0.2, 0) is 19.1 Å². The summed E-state index contributed by atoms with van der Waals surface area (Å²) in [4.78, 5) is 49.8. The minimum atomic E-state index is -0.535. The predicted molar refractivity (Wildman–Crippen MR) is 134 cm³/mol. The third-order valence-electron chi connectivity index (χ3n) is 8.22. The molecule has 1 aliphatic heterocycles. The lowest BCUT2D eigenvalue weighted by Gasteiger charge is -2.35. The molecule has 4 amide bonds. The van der Waals surface area contributed by atoms with Crippen molar-refractivity contribution in [2.75, 3.05) is 39.3 Å². The monoisotopic (exact) mass is 492 g/mol. The van der Waals surface area contributed by atoms with Gasteiger partial charge in [-0.3, -0.25) is 14.5 Å². The van der Waals surface area contributed by atoms with E-state index in [-0.39, 0.29) is 54.2 Å². The van der Waals surface area contributed by atoms with Crippen LogP contribution in [0.5, 0.6) is 0 Å². The second kappa shape index (κ2) is 11.5. The number of hydrogen-bond donors (Lipinski definition) is 3. The molecule has 0 spiro atoms. The Hall–Kier alpha value is -2.42. The SMILES string of the molecule is C=CC(=O)OCCNC(=O)NCCNCCN1C(=O)CC(C(C)(C)CC2(C)CC2(C)C(C)C)C1=O. The topological polar surface area (TPSA) is 117 Å². The van der Waals surface area contributed by atoms with Gasteiger partial charge in [0.1, 0.15) is 6.61 Å². The van der Waals surface area contributed by atoms with E-state index in [1.54, 1.807) is 0 Å². The molecule has 1 saturated heterocycles. The van der Waals surface area contributed by atoms with Gasteiger partial charge in [0.15, 0.2) is 0 Å². The first-order valence-corrected chi connectivity index (χ1v) is 12.6. The van der Waals surface area contributed by atoms with Crippen LogP contribution >= 0.6 is 0 Å². The van der Waals surface area contributed by atoms with Crippen molar-refractivity contribution < 1.29 is 23.9 Å². The lowest BCUT2D eigenvalue weighted by atomic mass is 9.68. The third kappa shape index (κ3) is 7.06. The Kier molecular flexibility index (Phi) is 9.50. The maximum atomic E-state index is 13.1. The Morgan fingerprint density at radius 3 is 2.43 bits per heavy atom. The van der Waals surface area contributed by atoms with E-state index in [0.717, 1.165) is 12.5 Å². The van der Waals surface area contributed by atoms with Crippen LogP contribution in [0.15, 0.2) is 12.7 Å². The van der Waals surface area contributed by atoms with Gasteiger partial charge < -0.3 is 20.7 Å². The second-order valence-corrected chi connectivity index (χ2v) is 11.4. The summed E-state index contributed by atoms with van der Waals surface area (Å²) < 4.78 is 4.77. The number of carbonyl (C=O) groups excluding carboxylic acids is 4. The van der Waals surface area contributed by atoms with Crippen LogP contribution in [-0.4, -0.2) is 68.0 Å². The van der Waals surface area contributed by atoms with Crippen LogP contribution in [0, 0.1) is 28.1 Å². The molecule has 198 valence electrons. The third-order valence-corrected chi connectivity index (χ3v) is 8.22. The molecule has 0 radical (unpaired) electrons. The van der Waals surface area contributed by atoms with Crippen LogP contribution in [0.3, 0.4) is 0 Å². The molecule has 1 heterocycles. The lowest BCUT2D eigenvalue weighted by Crippen LogP contribution is -2.42. The number of likely N-dealkylation sites (tertiary alicyclic amines) is 1. The average molecular weight is 493 g/mol. The Balaban J connectivity index is 1.68. The lowest BCUT2D eigenvalue weighted by molar-refractivity contribution is -0.141. The van der Waals surface area contributed by atoms with Gasteiger partial charge >= 0.3 is 12.0 Å². The standard InChI is InChI=1S/C26H44N4O5/c1-8-21(32)35-14-12-29-23(34)28-10-9-27-11-13-30-20(31)15-19(22(30)33)24(4,5)16-25(6)17-26(25,7)18(2)3/h8,18-19,27H,1,9-17H2,2-7H3,(H2,28,29,34). The molecule has 0 aromatic rings. The van der Waals surface area contributed by atoms with Gasteiger partial charge in [-0.1, -0.05) is 48.1 Å². The summed E-state index contributed by atoms with van der Waals surface area (Å²) in [7, 11) is 0. The maximum absolute atomic E-state index is 13.1. The highest BCUT2D eigenvalue weighted by Crippen LogP contribution is 2.71. The van der Waals surface area contributed by atoms with Crippen LogP contribution < -0.4 is 16.0 Å². The van der Waals surface area contributed by atoms with E-state index >= 15 is 0 Å². The van der Waals surface area contributed by atoms with Gasteiger partial charge in [0.05, 0.1) is 12.5 Å². The van der Waals surface area contributed by atoms with Gasteiger partial charge in [-0.25, -0.2) is 9.59 Å². The molecule has 3 atom stereocenters.